The second-order valence-electron chi connectivity index (χ2n) is 4.92. The van der Waals surface area contributed by atoms with Gasteiger partial charge in [-0.3, -0.25) is 4.90 Å². The first-order chi connectivity index (χ1) is 9.40. The quantitative estimate of drug-likeness (QED) is 0.923. The molecule has 0 saturated carbocycles. The molecule has 21 heavy (non-hydrogen) atoms. The van der Waals surface area contributed by atoms with Gasteiger partial charge in [-0.05, 0) is 5.56 Å². The van der Waals surface area contributed by atoms with E-state index in [4.69, 9.17) is 4.98 Å². The number of benzene rings is 1. The number of nitrogens with zero attached hydrogens (tertiary/aromatic N) is 2. The van der Waals surface area contributed by atoms with Crippen LogP contribution in [0.25, 0.3) is 0 Å². The van der Waals surface area contributed by atoms with E-state index in [0.29, 0.717) is 0 Å². The molecule has 1 aliphatic heterocycles. The first-order valence-corrected chi connectivity index (χ1v) is 7.68. The number of nitrogens with one attached hydrogen (secondary N) is 1. The van der Waals surface area contributed by atoms with Gasteiger partial charge in [0.1, 0.15) is 0 Å². The van der Waals surface area contributed by atoms with Gasteiger partial charge in [-0.2, -0.15) is 0 Å². The Balaban J connectivity index is 0.00000110. The standard InChI is InChI=1S/C15H19N3S.2ClH/c1-2-4-13(5-3-1)10-15-17-14(12-19-15)11-18-8-6-16-7-9-18;;/h1-5,12,16H,6-11H2;2*1H. The maximum absolute atomic E-state index is 4.76. The van der Waals surface area contributed by atoms with Crippen molar-refractivity contribution in [2.75, 3.05) is 26.2 Å². The lowest BCUT2D eigenvalue weighted by Gasteiger charge is -2.26. The minimum Gasteiger partial charge on any atom is -0.314 e. The third-order valence-electron chi connectivity index (χ3n) is 3.39. The highest BCUT2D eigenvalue weighted by Gasteiger charge is 2.11. The van der Waals surface area contributed by atoms with Crippen molar-refractivity contribution in [1.29, 1.82) is 0 Å². The Labute approximate surface area is 142 Å². The Hall–Kier alpha value is -0.650. The van der Waals surface area contributed by atoms with Crippen LogP contribution >= 0.6 is 36.2 Å². The smallest absolute Gasteiger partial charge is 0.0972 e. The lowest BCUT2D eigenvalue weighted by atomic mass is 10.2. The number of rotatable bonds is 4. The Kier molecular flexibility index (Phi) is 8.22. The number of piperazine rings is 1. The van der Waals surface area contributed by atoms with Gasteiger partial charge in [0.25, 0.3) is 0 Å². The zero-order valence-corrected chi connectivity index (χ0v) is 14.3. The molecule has 1 N–H and O–H groups in total. The molecule has 1 saturated heterocycles. The van der Waals surface area contributed by atoms with E-state index in [1.807, 2.05) is 0 Å². The van der Waals surface area contributed by atoms with Crippen molar-refractivity contribution in [3.05, 3.63) is 52.0 Å². The zero-order chi connectivity index (χ0) is 12.9. The molecule has 1 aromatic heterocycles. The molecule has 0 amide bonds. The topological polar surface area (TPSA) is 28.2 Å². The van der Waals surface area contributed by atoms with Crippen LogP contribution in [0.3, 0.4) is 0 Å². The molecule has 0 atom stereocenters. The second-order valence-corrected chi connectivity index (χ2v) is 5.86. The van der Waals surface area contributed by atoms with Crippen molar-refractivity contribution in [2.24, 2.45) is 0 Å². The van der Waals surface area contributed by atoms with Gasteiger partial charge in [0, 0.05) is 44.5 Å². The van der Waals surface area contributed by atoms with Crippen molar-refractivity contribution in [1.82, 2.24) is 15.2 Å². The van der Waals surface area contributed by atoms with Crippen LogP contribution < -0.4 is 5.32 Å². The molecule has 3 rings (SSSR count). The molecule has 1 aliphatic rings. The molecule has 3 nitrogen and oxygen atoms in total. The maximum Gasteiger partial charge on any atom is 0.0972 e. The summed E-state index contributed by atoms with van der Waals surface area (Å²) in [7, 11) is 0. The van der Waals surface area contributed by atoms with Gasteiger partial charge in [-0.15, -0.1) is 36.2 Å². The third-order valence-corrected chi connectivity index (χ3v) is 4.29. The highest BCUT2D eigenvalue weighted by Crippen LogP contribution is 2.16. The van der Waals surface area contributed by atoms with E-state index in [-0.39, 0.29) is 24.8 Å². The largest absolute Gasteiger partial charge is 0.314 e. The predicted molar refractivity (Wildman–Crippen MR) is 94.0 cm³/mol. The van der Waals surface area contributed by atoms with Crippen molar-refractivity contribution < 1.29 is 0 Å². The Bertz CT molecular complexity index is 513. The zero-order valence-electron chi connectivity index (χ0n) is 11.8. The summed E-state index contributed by atoms with van der Waals surface area (Å²) in [5.41, 5.74) is 2.56. The molecule has 2 aromatic rings. The van der Waals surface area contributed by atoms with Crippen LogP contribution in [0.1, 0.15) is 16.3 Å². The van der Waals surface area contributed by atoms with Crippen molar-refractivity contribution in [2.45, 2.75) is 13.0 Å². The molecule has 0 spiro atoms. The van der Waals surface area contributed by atoms with Crippen molar-refractivity contribution >= 4 is 36.2 Å². The molecule has 0 bridgehead atoms. The lowest BCUT2D eigenvalue weighted by molar-refractivity contribution is 0.231. The van der Waals surface area contributed by atoms with Gasteiger partial charge < -0.3 is 5.32 Å². The molecule has 116 valence electrons. The van der Waals surface area contributed by atoms with Crippen LogP contribution in [-0.4, -0.2) is 36.1 Å². The van der Waals surface area contributed by atoms with Crippen LogP contribution in [-0.2, 0) is 13.0 Å². The van der Waals surface area contributed by atoms with E-state index in [1.54, 1.807) is 11.3 Å². The summed E-state index contributed by atoms with van der Waals surface area (Å²) in [4.78, 5) is 7.23. The average Bonchev–Trinajstić information content (AvgIpc) is 2.88. The molecule has 0 aliphatic carbocycles. The summed E-state index contributed by atoms with van der Waals surface area (Å²) in [5.74, 6) is 0. The van der Waals surface area contributed by atoms with E-state index in [0.717, 1.165) is 39.1 Å². The summed E-state index contributed by atoms with van der Waals surface area (Å²) in [5, 5.41) is 6.81. The number of thiazole rings is 1. The maximum atomic E-state index is 4.76. The minimum atomic E-state index is 0. The van der Waals surface area contributed by atoms with Gasteiger partial charge in [0.15, 0.2) is 0 Å². The number of hydrogen-bond donors (Lipinski definition) is 1. The highest BCUT2D eigenvalue weighted by molar-refractivity contribution is 7.09. The van der Waals surface area contributed by atoms with Crippen LogP contribution in [0.2, 0.25) is 0 Å². The molecular formula is C15H21Cl2N3S. The van der Waals surface area contributed by atoms with E-state index >= 15 is 0 Å². The Morgan fingerprint density at radius 2 is 1.81 bits per heavy atom. The van der Waals surface area contributed by atoms with Crippen LogP contribution in [0.4, 0.5) is 0 Å². The molecule has 1 fully saturated rings. The minimum absolute atomic E-state index is 0. The van der Waals surface area contributed by atoms with E-state index in [2.05, 4.69) is 45.9 Å². The summed E-state index contributed by atoms with van der Waals surface area (Å²) in [6, 6.07) is 10.6. The van der Waals surface area contributed by atoms with Gasteiger partial charge in [-0.1, -0.05) is 30.3 Å². The number of hydrogen-bond acceptors (Lipinski definition) is 4. The summed E-state index contributed by atoms with van der Waals surface area (Å²) in [6.07, 6.45) is 0.951. The van der Waals surface area contributed by atoms with Gasteiger partial charge in [0.2, 0.25) is 0 Å². The van der Waals surface area contributed by atoms with Crippen LogP contribution in [0.15, 0.2) is 35.7 Å². The SMILES string of the molecule is Cl.Cl.c1ccc(Cc2nc(CN3CCNCC3)cs2)cc1. The third kappa shape index (κ3) is 5.57. The van der Waals surface area contributed by atoms with Crippen molar-refractivity contribution in [3.8, 4) is 0 Å². The Morgan fingerprint density at radius 3 is 2.52 bits per heavy atom. The van der Waals surface area contributed by atoms with E-state index in [1.165, 1.54) is 16.3 Å². The molecule has 1 aromatic carbocycles. The monoisotopic (exact) mass is 345 g/mol. The summed E-state index contributed by atoms with van der Waals surface area (Å²) < 4.78 is 0. The molecular weight excluding hydrogens is 325 g/mol. The molecule has 0 radical (unpaired) electrons. The van der Waals surface area contributed by atoms with Crippen LogP contribution in [0, 0.1) is 0 Å². The van der Waals surface area contributed by atoms with E-state index in [9.17, 15) is 0 Å². The van der Waals surface area contributed by atoms with Crippen molar-refractivity contribution in [3.63, 3.8) is 0 Å². The first-order valence-electron chi connectivity index (χ1n) is 6.80. The molecule has 2 heterocycles. The Morgan fingerprint density at radius 1 is 1.10 bits per heavy atom. The normalized spacial score (nSPS) is 15.0. The van der Waals surface area contributed by atoms with E-state index < -0.39 is 0 Å². The summed E-state index contributed by atoms with van der Waals surface area (Å²) >= 11 is 1.78. The summed E-state index contributed by atoms with van der Waals surface area (Å²) in [6.45, 7) is 5.45. The fourth-order valence-corrected chi connectivity index (χ4v) is 3.19. The van der Waals surface area contributed by atoms with Gasteiger partial charge in [0.05, 0.1) is 10.7 Å². The highest BCUT2D eigenvalue weighted by atomic mass is 35.5. The molecule has 6 heteroatoms. The number of aromatic nitrogens is 1. The second kappa shape index (κ2) is 9.38. The predicted octanol–water partition coefficient (Wildman–Crippen LogP) is 2.98. The fourth-order valence-electron chi connectivity index (χ4n) is 2.37. The molecule has 0 unspecified atom stereocenters. The number of halogens is 2. The first kappa shape index (κ1) is 18.4. The lowest BCUT2D eigenvalue weighted by Crippen LogP contribution is -2.42. The van der Waals surface area contributed by atoms with Gasteiger partial charge >= 0.3 is 0 Å². The fraction of sp³-hybridized carbons (Fsp3) is 0.400. The van der Waals surface area contributed by atoms with Gasteiger partial charge in [-0.25, -0.2) is 4.98 Å². The average molecular weight is 346 g/mol. The van der Waals surface area contributed by atoms with Crippen LogP contribution in [0.5, 0.6) is 0 Å².